The summed E-state index contributed by atoms with van der Waals surface area (Å²) in [6.45, 7) is 3.88. The zero-order valence-electron chi connectivity index (χ0n) is 22.4. The SMILES string of the molecule is CON=C(c1cccc(S(=O)(=O)N(C)C)c1)C1CCN(C(=O)C2CCN(Cc3ccnc(N)c3)CC2)CC1. The monoisotopic (exact) mass is 542 g/mol. The Morgan fingerprint density at radius 3 is 2.39 bits per heavy atom. The number of piperidine rings is 2. The van der Waals surface area contributed by atoms with Crippen LogP contribution in [0.15, 0.2) is 52.6 Å². The highest BCUT2D eigenvalue weighted by Crippen LogP contribution is 2.28. The number of sulfonamides is 1. The molecule has 1 aromatic heterocycles. The fourth-order valence-electron chi connectivity index (χ4n) is 5.31. The van der Waals surface area contributed by atoms with Gasteiger partial charge >= 0.3 is 0 Å². The minimum atomic E-state index is -3.56. The predicted octanol–water partition coefficient (Wildman–Crippen LogP) is 2.42. The van der Waals surface area contributed by atoms with Crippen LogP contribution in [0.2, 0.25) is 0 Å². The molecule has 0 radical (unpaired) electrons. The number of carbonyl (C=O) groups excluding carboxylic acids is 1. The number of nitrogen functional groups attached to an aromatic ring is 1. The molecule has 0 aliphatic carbocycles. The predicted molar refractivity (Wildman–Crippen MR) is 147 cm³/mol. The number of hydrogen-bond acceptors (Lipinski definition) is 8. The van der Waals surface area contributed by atoms with E-state index in [1.165, 1.54) is 25.5 Å². The number of nitrogens with two attached hydrogens (primary N) is 1. The van der Waals surface area contributed by atoms with Crippen molar-refractivity contribution in [3.63, 3.8) is 0 Å². The van der Waals surface area contributed by atoms with Crippen LogP contribution in [0.25, 0.3) is 0 Å². The van der Waals surface area contributed by atoms with Gasteiger partial charge in [0.05, 0.1) is 10.6 Å². The molecule has 10 nitrogen and oxygen atoms in total. The molecular formula is C27H38N6O4S. The maximum atomic E-state index is 13.3. The van der Waals surface area contributed by atoms with Gasteiger partial charge in [0, 0.05) is 57.3 Å². The summed E-state index contributed by atoms with van der Waals surface area (Å²) in [7, 11) is 0.961. The van der Waals surface area contributed by atoms with Crippen molar-refractivity contribution in [1.82, 2.24) is 19.1 Å². The van der Waals surface area contributed by atoms with Crippen LogP contribution in [-0.4, -0.2) is 86.5 Å². The van der Waals surface area contributed by atoms with Crippen LogP contribution in [0.1, 0.15) is 36.8 Å². The number of rotatable bonds is 8. The lowest BCUT2D eigenvalue weighted by Crippen LogP contribution is -2.46. The first kappa shape index (κ1) is 28.0. The normalized spacial score (nSPS) is 18.6. The number of oxime groups is 1. The Balaban J connectivity index is 1.33. The van der Waals surface area contributed by atoms with E-state index >= 15 is 0 Å². The van der Waals surface area contributed by atoms with Gasteiger partial charge in [-0.2, -0.15) is 0 Å². The van der Waals surface area contributed by atoms with E-state index in [0.717, 1.165) is 62.2 Å². The molecule has 38 heavy (non-hydrogen) atoms. The highest BCUT2D eigenvalue weighted by Gasteiger charge is 2.33. The van der Waals surface area contributed by atoms with E-state index in [-0.39, 0.29) is 22.6 Å². The number of hydrogen-bond donors (Lipinski definition) is 1. The Morgan fingerprint density at radius 2 is 1.76 bits per heavy atom. The Bertz CT molecular complexity index is 1250. The Hall–Kier alpha value is -3.02. The van der Waals surface area contributed by atoms with Crippen LogP contribution in [0.4, 0.5) is 5.82 Å². The molecule has 0 unspecified atom stereocenters. The second-order valence-corrected chi connectivity index (χ2v) is 12.4. The average Bonchev–Trinajstić information content (AvgIpc) is 2.92. The molecule has 2 aliphatic rings. The van der Waals surface area contributed by atoms with Crippen LogP contribution in [-0.2, 0) is 26.2 Å². The number of amides is 1. The second-order valence-electron chi connectivity index (χ2n) is 10.2. The number of benzene rings is 1. The van der Waals surface area contributed by atoms with Crippen LogP contribution >= 0.6 is 0 Å². The lowest BCUT2D eigenvalue weighted by Gasteiger charge is -2.37. The lowest BCUT2D eigenvalue weighted by molar-refractivity contribution is -0.138. The Labute approximate surface area is 225 Å². The van der Waals surface area contributed by atoms with Crippen LogP contribution in [0.3, 0.4) is 0 Å². The minimum absolute atomic E-state index is 0.0466. The van der Waals surface area contributed by atoms with Gasteiger partial charge in [0.15, 0.2) is 0 Å². The third-order valence-corrected chi connectivity index (χ3v) is 9.29. The quantitative estimate of drug-likeness (QED) is 0.402. The van der Waals surface area contributed by atoms with E-state index in [1.54, 1.807) is 24.4 Å². The third-order valence-electron chi connectivity index (χ3n) is 7.48. The number of carbonyl (C=O) groups is 1. The van der Waals surface area contributed by atoms with E-state index in [9.17, 15) is 13.2 Å². The molecule has 2 aliphatic heterocycles. The van der Waals surface area contributed by atoms with Gasteiger partial charge in [-0.25, -0.2) is 17.7 Å². The Morgan fingerprint density at radius 1 is 1.08 bits per heavy atom. The van der Waals surface area contributed by atoms with Gasteiger partial charge in [-0.05, 0) is 68.6 Å². The molecule has 3 heterocycles. The van der Waals surface area contributed by atoms with Crippen molar-refractivity contribution < 1.29 is 18.0 Å². The van der Waals surface area contributed by atoms with Gasteiger partial charge in [-0.15, -0.1) is 0 Å². The third kappa shape index (κ3) is 6.51. The second kappa shape index (κ2) is 12.2. The van der Waals surface area contributed by atoms with Crippen molar-refractivity contribution in [2.45, 2.75) is 37.1 Å². The fourth-order valence-corrected chi connectivity index (χ4v) is 6.26. The standard InChI is InChI=1S/C27H38N6O4S/c1-31(2)38(35,36)24-6-4-5-23(18-24)26(30-37-3)21-10-15-33(16-11-21)27(34)22-8-13-32(14-9-22)19-20-7-12-29-25(28)17-20/h4-7,12,17-18,21-22H,8-11,13-16,19H2,1-3H3,(H2,28,29). The van der Waals surface area contributed by atoms with E-state index in [4.69, 9.17) is 10.6 Å². The topological polar surface area (TPSA) is 121 Å². The number of anilines is 1. The van der Waals surface area contributed by atoms with Crippen molar-refractivity contribution in [1.29, 1.82) is 0 Å². The zero-order valence-corrected chi connectivity index (χ0v) is 23.2. The molecule has 2 saturated heterocycles. The zero-order chi connectivity index (χ0) is 27.3. The first-order valence-electron chi connectivity index (χ1n) is 13.0. The maximum absolute atomic E-state index is 13.3. The van der Waals surface area contributed by atoms with Gasteiger partial charge < -0.3 is 15.5 Å². The Kier molecular flexibility index (Phi) is 9.01. The van der Waals surface area contributed by atoms with Gasteiger partial charge in [-0.1, -0.05) is 17.3 Å². The molecule has 2 aromatic rings. The minimum Gasteiger partial charge on any atom is -0.399 e. The molecule has 0 bridgehead atoms. The summed E-state index contributed by atoms with van der Waals surface area (Å²) in [5.41, 5.74) is 8.39. The fraction of sp³-hybridized carbons (Fsp3) is 0.519. The summed E-state index contributed by atoms with van der Waals surface area (Å²) in [6, 6.07) is 10.7. The molecule has 1 aromatic carbocycles. The van der Waals surface area contributed by atoms with Crippen LogP contribution in [0.5, 0.6) is 0 Å². The van der Waals surface area contributed by atoms with Crippen molar-refractivity contribution >= 4 is 27.5 Å². The molecule has 2 N–H and O–H groups in total. The number of pyridine rings is 1. The van der Waals surface area contributed by atoms with Gasteiger partial charge in [-0.3, -0.25) is 9.69 Å². The summed E-state index contributed by atoms with van der Waals surface area (Å²) in [5, 5.41) is 4.28. The molecule has 1 amide bonds. The molecule has 2 fully saturated rings. The molecule has 206 valence electrons. The van der Waals surface area contributed by atoms with Gasteiger partial charge in [0.1, 0.15) is 12.9 Å². The summed E-state index contributed by atoms with van der Waals surface area (Å²) in [4.78, 5) is 27.1. The van der Waals surface area contributed by atoms with Crippen molar-refractivity contribution in [2.24, 2.45) is 17.0 Å². The van der Waals surface area contributed by atoms with Gasteiger partial charge in [0.2, 0.25) is 15.9 Å². The number of likely N-dealkylation sites (tertiary alicyclic amines) is 2. The summed E-state index contributed by atoms with van der Waals surface area (Å²) < 4.78 is 26.5. The smallest absolute Gasteiger partial charge is 0.242 e. The molecule has 0 atom stereocenters. The lowest BCUT2D eigenvalue weighted by atomic mass is 9.87. The van der Waals surface area contributed by atoms with Crippen molar-refractivity contribution in [2.75, 3.05) is 53.1 Å². The molecule has 11 heteroatoms. The highest BCUT2D eigenvalue weighted by molar-refractivity contribution is 7.89. The maximum Gasteiger partial charge on any atom is 0.242 e. The number of nitrogens with zero attached hydrogens (tertiary/aromatic N) is 5. The first-order valence-corrected chi connectivity index (χ1v) is 14.5. The van der Waals surface area contributed by atoms with E-state index < -0.39 is 10.0 Å². The van der Waals surface area contributed by atoms with Crippen molar-refractivity contribution in [3.05, 3.63) is 53.7 Å². The first-order chi connectivity index (χ1) is 18.2. The van der Waals surface area contributed by atoms with Crippen LogP contribution < -0.4 is 5.73 Å². The number of aromatic nitrogens is 1. The van der Waals surface area contributed by atoms with E-state index in [1.807, 2.05) is 23.1 Å². The molecule has 0 spiro atoms. The van der Waals surface area contributed by atoms with E-state index in [2.05, 4.69) is 15.0 Å². The molecular weight excluding hydrogens is 504 g/mol. The summed E-state index contributed by atoms with van der Waals surface area (Å²) in [6.07, 6.45) is 4.93. The molecule has 4 rings (SSSR count). The summed E-state index contributed by atoms with van der Waals surface area (Å²) >= 11 is 0. The highest BCUT2D eigenvalue weighted by atomic mass is 32.2. The van der Waals surface area contributed by atoms with E-state index in [0.29, 0.717) is 18.9 Å². The average molecular weight is 543 g/mol. The van der Waals surface area contributed by atoms with Crippen LogP contribution in [0, 0.1) is 11.8 Å². The molecule has 0 saturated carbocycles. The van der Waals surface area contributed by atoms with Crippen molar-refractivity contribution in [3.8, 4) is 0 Å². The largest absolute Gasteiger partial charge is 0.399 e. The van der Waals surface area contributed by atoms with Gasteiger partial charge in [0.25, 0.3) is 0 Å². The summed E-state index contributed by atoms with van der Waals surface area (Å²) in [5.74, 6) is 0.887.